The van der Waals surface area contributed by atoms with Gasteiger partial charge in [-0.25, -0.2) is 4.98 Å². The molecule has 0 unspecified atom stereocenters. The van der Waals surface area contributed by atoms with E-state index in [0.29, 0.717) is 10.2 Å². The van der Waals surface area contributed by atoms with Crippen molar-refractivity contribution in [3.8, 4) is 0 Å². The van der Waals surface area contributed by atoms with Crippen molar-refractivity contribution in [2.75, 3.05) is 5.32 Å². The third-order valence-electron chi connectivity index (χ3n) is 3.06. The van der Waals surface area contributed by atoms with Gasteiger partial charge in [-0.05, 0) is 24.6 Å². The van der Waals surface area contributed by atoms with Gasteiger partial charge in [0.2, 0.25) is 5.91 Å². The Morgan fingerprint density at radius 3 is 2.55 bits per heavy atom. The van der Waals surface area contributed by atoms with Crippen LogP contribution in [0.4, 0.5) is 5.13 Å². The van der Waals surface area contributed by atoms with Crippen LogP contribution in [0.25, 0.3) is 0 Å². The van der Waals surface area contributed by atoms with Crippen LogP contribution in [0.1, 0.15) is 30.0 Å². The molecule has 1 amide bonds. The minimum absolute atomic E-state index is 0.0760. The van der Waals surface area contributed by atoms with E-state index >= 15 is 0 Å². The number of carbonyl (C=O) groups is 2. The van der Waals surface area contributed by atoms with Crippen LogP contribution in [-0.4, -0.2) is 22.0 Å². The zero-order valence-electron chi connectivity index (χ0n) is 11.9. The standard InChI is InChI=1S/C15H15ClN2O3S/c1-9-8-22-15(17-9)18-13(19)6-11(7-14(20)21)10-2-4-12(16)5-3-10/h2-5,8,11H,6-7H2,1H3,(H,20,21)(H,17,18,19)/t11-/m0/s1. The maximum absolute atomic E-state index is 12.1. The number of amides is 1. The van der Waals surface area contributed by atoms with Crippen LogP contribution in [0.3, 0.4) is 0 Å². The van der Waals surface area contributed by atoms with Crippen molar-refractivity contribution in [1.82, 2.24) is 4.98 Å². The molecule has 2 aromatic rings. The van der Waals surface area contributed by atoms with E-state index in [9.17, 15) is 9.59 Å². The molecule has 0 aliphatic heterocycles. The predicted octanol–water partition coefficient (Wildman–Crippen LogP) is 3.69. The van der Waals surface area contributed by atoms with Crippen molar-refractivity contribution in [2.45, 2.75) is 25.7 Å². The number of benzene rings is 1. The fourth-order valence-corrected chi connectivity index (χ4v) is 2.89. The average Bonchev–Trinajstić information content (AvgIpc) is 2.83. The van der Waals surface area contributed by atoms with Gasteiger partial charge in [0.05, 0.1) is 12.1 Å². The van der Waals surface area contributed by atoms with Gasteiger partial charge in [0.15, 0.2) is 5.13 Å². The Labute approximate surface area is 137 Å². The smallest absolute Gasteiger partial charge is 0.303 e. The molecule has 7 heteroatoms. The van der Waals surface area contributed by atoms with E-state index in [1.807, 2.05) is 12.3 Å². The summed E-state index contributed by atoms with van der Waals surface area (Å²) < 4.78 is 0. The molecule has 0 aliphatic rings. The molecule has 116 valence electrons. The van der Waals surface area contributed by atoms with E-state index in [-0.39, 0.29) is 18.7 Å². The average molecular weight is 339 g/mol. The van der Waals surface area contributed by atoms with E-state index in [1.165, 1.54) is 11.3 Å². The first-order valence-corrected chi connectivity index (χ1v) is 7.89. The molecule has 22 heavy (non-hydrogen) atoms. The number of anilines is 1. The fourth-order valence-electron chi connectivity index (χ4n) is 2.06. The van der Waals surface area contributed by atoms with E-state index in [2.05, 4.69) is 10.3 Å². The molecule has 0 saturated carbocycles. The first kappa shape index (κ1) is 16.5. The third-order valence-corrected chi connectivity index (χ3v) is 4.19. The molecule has 0 spiro atoms. The number of nitrogens with one attached hydrogen (secondary N) is 1. The summed E-state index contributed by atoms with van der Waals surface area (Å²) in [7, 11) is 0. The Balaban J connectivity index is 2.07. The summed E-state index contributed by atoms with van der Waals surface area (Å²) in [6, 6.07) is 6.87. The fraction of sp³-hybridized carbons (Fsp3) is 0.267. The van der Waals surface area contributed by atoms with Crippen molar-refractivity contribution in [3.05, 3.63) is 45.9 Å². The molecule has 2 rings (SSSR count). The minimum atomic E-state index is -0.946. The van der Waals surface area contributed by atoms with Crippen molar-refractivity contribution in [3.63, 3.8) is 0 Å². The monoisotopic (exact) mass is 338 g/mol. The number of carboxylic acid groups (broad SMARTS) is 1. The van der Waals surface area contributed by atoms with Gasteiger partial charge in [-0.3, -0.25) is 9.59 Å². The van der Waals surface area contributed by atoms with Gasteiger partial charge in [0.1, 0.15) is 0 Å². The summed E-state index contributed by atoms with van der Waals surface area (Å²) in [5.74, 6) is -1.61. The topological polar surface area (TPSA) is 79.3 Å². The maximum atomic E-state index is 12.1. The summed E-state index contributed by atoms with van der Waals surface area (Å²) >= 11 is 7.17. The molecule has 0 saturated heterocycles. The Kier molecular flexibility index (Phi) is 5.51. The van der Waals surface area contributed by atoms with Crippen LogP contribution in [0.2, 0.25) is 5.02 Å². The third kappa shape index (κ3) is 4.82. The molecule has 1 aromatic carbocycles. The summed E-state index contributed by atoms with van der Waals surface area (Å²) in [5.41, 5.74) is 1.61. The van der Waals surface area contributed by atoms with Crippen LogP contribution in [0, 0.1) is 6.92 Å². The number of thiazole rings is 1. The lowest BCUT2D eigenvalue weighted by Crippen LogP contribution is -2.17. The highest BCUT2D eigenvalue weighted by Crippen LogP contribution is 2.26. The van der Waals surface area contributed by atoms with E-state index in [1.54, 1.807) is 24.3 Å². The Bertz CT molecular complexity index is 670. The number of aliphatic carboxylic acids is 1. The van der Waals surface area contributed by atoms with Gasteiger partial charge in [-0.15, -0.1) is 11.3 Å². The Morgan fingerprint density at radius 1 is 1.32 bits per heavy atom. The van der Waals surface area contributed by atoms with Gasteiger partial charge in [-0.1, -0.05) is 23.7 Å². The molecule has 0 bridgehead atoms. The summed E-state index contributed by atoms with van der Waals surface area (Å²) in [6.45, 7) is 1.84. The number of hydrogen-bond donors (Lipinski definition) is 2. The van der Waals surface area contributed by atoms with Crippen molar-refractivity contribution in [1.29, 1.82) is 0 Å². The van der Waals surface area contributed by atoms with Crippen LogP contribution in [0.15, 0.2) is 29.6 Å². The molecule has 5 nitrogen and oxygen atoms in total. The highest BCUT2D eigenvalue weighted by Gasteiger charge is 2.20. The predicted molar refractivity (Wildman–Crippen MR) is 86.5 cm³/mol. The lowest BCUT2D eigenvalue weighted by molar-refractivity contribution is -0.137. The van der Waals surface area contributed by atoms with Gasteiger partial charge in [0.25, 0.3) is 0 Å². The van der Waals surface area contributed by atoms with E-state index in [4.69, 9.17) is 16.7 Å². The number of rotatable bonds is 6. The lowest BCUT2D eigenvalue weighted by atomic mass is 9.92. The SMILES string of the molecule is Cc1csc(NC(=O)C[C@@H](CC(=O)O)c2ccc(Cl)cc2)n1. The molecular weight excluding hydrogens is 324 g/mol. The molecule has 1 aromatic heterocycles. The first-order valence-electron chi connectivity index (χ1n) is 6.63. The number of carboxylic acids is 1. The van der Waals surface area contributed by atoms with Crippen molar-refractivity contribution >= 4 is 39.9 Å². The van der Waals surface area contributed by atoms with Crippen LogP contribution < -0.4 is 5.32 Å². The molecule has 1 atom stereocenters. The lowest BCUT2D eigenvalue weighted by Gasteiger charge is -2.14. The molecule has 0 fully saturated rings. The van der Waals surface area contributed by atoms with Gasteiger partial charge in [0, 0.05) is 22.7 Å². The second-order valence-electron chi connectivity index (χ2n) is 4.89. The van der Waals surface area contributed by atoms with E-state index < -0.39 is 11.9 Å². The number of nitrogens with zero attached hydrogens (tertiary/aromatic N) is 1. The summed E-state index contributed by atoms with van der Waals surface area (Å²) in [5, 5.41) is 14.7. The van der Waals surface area contributed by atoms with Crippen molar-refractivity contribution < 1.29 is 14.7 Å². The summed E-state index contributed by atoms with van der Waals surface area (Å²) in [4.78, 5) is 27.3. The first-order chi connectivity index (χ1) is 10.4. The second-order valence-corrected chi connectivity index (χ2v) is 6.19. The van der Waals surface area contributed by atoms with Gasteiger partial charge >= 0.3 is 5.97 Å². The van der Waals surface area contributed by atoms with Gasteiger partial charge in [-0.2, -0.15) is 0 Å². The Hall–Kier alpha value is -1.92. The van der Waals surface area contributed by atoms with E-state index in [0.717, 1.165) is 11.3 Å². The number of hydrogen-bond acceptors (Lipinski definition) is 4. The van der Waals surface area contributed by atoms with Crippen LogP contribution in [-0.2, 0) is 9.59 Å². The quantitative estimate of drug-likeness (QED) is 0.841. The highest BCUT2D eigenvalue weighted by atomic mass is 35.5. The number of aromatic nitrogens is 1. The van der Waals surface area contributed by atoms with Gasteiger partial charge < -0.3 is 10.4 Å². The minimum Gasteiger partial charge on any atom is -0.481 e. The largest absolute Gasteiger partial charge is 0.481 e. The molecule has 1 heterocycles. The maximum Gasteiger partial charge on any atom is 0.303 e. The van der Waals surface area contributed by atoms with Crippen LogP contribution in [0.5, 0.6) is 0 Å². The number of halogens is 1. The highest BCUT2D eigenvalue weighted by molar-refractivity contribution is 7.13. The molecule has 0 aliphatic carbocycles. The molecular formula is C15H15ClN2O3S. The number of carbonyl (C=O) groups excluding carboxylic acids is 1. The molecule has 0 radical (unpaired) electrons. The second kappa shape index (κ2) is 7.38. The zero-order chi connectivity index (χ0) is 16.1. The summed E-state index contributed by atoms with van der Waals surface area (Å²) in [6.07, 6.45) is -0.0431. The number of aryl methyl sites for hydroxylation is 1. The normalized spacial score (nSPS) is 11.9. The Morgan fingerprint density at radius 2 is 2.00 bits per heavy atom. The zero-order valence-corrected chi connectivity index (χ0v) is 13.4. The molecule has 2 N–H and O–H groups in total. The van der Waals surface area contributed by atoms with Crippen molar-refractivity contribution in [2.24, 2.45) is 0 Å². The van der Waals surface area contributed by atoms with Crippen LogP contribution >= 0.6 is 22.9 Å².